The van der Waals surface area contributed by atoms with Gasteiger partial charge < -0.3 is 5.11 Å². The number of aliphatic hydroxyl groups excluding tert-OH is 1. The maximum atomic E-state index is 7.82. The quantitative estimate of drug-likeness (QED) is 0.533. The van der Waals surface area contributed by atoms with Crippen LogP contribution in [-0.4, -0.2) is 12.2 Å². The molecule has 42 valence electrons. The Morgan fingerprint density at radius 1 is 1.57 bits per heavy atom. The van der Waals surface area contributed by atoms with Gasteiger partial charge in [-0.1, -0.05) is 6.92 Å². The van der Waals surface area contributed by atoms with Crippen LogP contribution in [0.5, 0.6) is 0 Å². The van der Waals surface area contributed by atoms with Crippen molar-refractivity contribution in [2.24, 2.45) is 0 Å². The first kappa shape index (κ1) is 9.67. The van der Waals surface area contributed by atoms with Gasteiger partial charge in [0.05, 0.1) is 6.07 Å². The maximum absolute atomic E-state index is 7.82. The highest BCUT2D eigenvalue weighted by Crippen LogP contribution is 1.77. The van der Waals surface area contributed by atoms with E-state index in [9.17, 15) is 0 Å². The summed E-state index contributed by atoms with van der Waals surface area (Å²) in [6.45, 7) is 1.99. The highest BCUT2D eigenvalue weighted by Gasteiger charge is 1.65. The van der Waals surface area contributed by atoms with E-state index in [1.54, 1.807) is 0 Å². The molecule has 0 aliphatic rings. The lowest BCUT2D eigenvalue weighted by molar-refractivity contribution is 0.399. The molecule has 0 aromatic heterocycles. The van der Waals surface area contributed by atoms with Crippen molar-refractivity contribution in [1.29, 1.82) is 5.26 Å². The summed E-state index contributed by atoms with van der Waals surface area (Å²) in [5.41, 5.74) is 0. The zero-order valence-electron chi connectivity index (χ0n) is 4.81. The molecule has 2 heteroatoms. The lowest BCUT2D eigenvalue weighted by atomic mass is 10.4. The summed E-state index contributed by atoms with van der Waals surface area (Å²) in [5, 5.41) is 14.8. The van der Waals surface area contributed by atoms with Crippen LogP contribution in [0.15, 0.2) is 0 Å². The Morgan fingerprint density at radius 2 is 2.00 bits per heavy atom. The number of nitriles is 1. The fraction of sp³-hybridized carbons (Fsp3) is 0.800. The van der Waals surface area contributed by atoms with Crippen molar-refractivity contribution in [3.8, 4) is 6.07 Å². The number of nitrogens with zero attached hydrogens (tertiary/aromatic N) is 1. The number of unbranched alkanes of at least 4 members (excludes halogenated alkanes) is 1. The van der Waals surface area contributed by atoms with Crippen LogP contribution in [0.2, 0.25) is 0 Å². The van der Waals surface area contributed by atoms with E-state index in [0.717, 1.165) is 13.5 Å². The van der Waals surface area contributed by atoms with Crippen LogP contribution in [0.1, 0.15) is 19.8 Å². The van der Waals surface area contributed by atoms with Crippen LogP contribution >= 0.6 is 0 Å². The molecule has 0 saturated carbocycles. The van der Waals surface area contributed by atoms with Gasteiger partial charge in [-0.15, -0.1) is 0 Å². The minimum Gasteiger partial charge on any atom is -0.400 e. The predicted molar refractivity (Wildman–Crippen MR) is 28.7 cm³/mol. The van der Waals surface area contributed by atoms with E-state index in [2.05, 4.69) is 0 Å². The summed E-state index contributed by atoms with van der Waals surface area (Å²) in [6.07, 6.45) is 1.68. The summed E-state index contributed by atoms with van der Waals surface area (Å²) in [5.74, 6) is 0. The van der Waals surface area contributed by atoms with E-state index in [1.165, 1.54) is 0 Å². The topological polar surface area (TPSA) is 44.0 Å². The molecule has 0 saturated heterocycles. The SMILES string of the molecule is CCCC#N.CO. The predicted octanol–water partition coefficient (Wildman–Crippen LogP) is 0.919. The van der Waals surface area contributed by atoms with Crippen LogP contribution in [0, 0.1) is 11.3 Å². The third kappa shape index (κ3) is 30.9. The van der Waals surface area contributed by atoms with Gasteiger partial charge in [0.2, 0.25) is 0 Å². The zero-order chi connectivity index (χ0) is 6.12. The van der Waals surface area contributed by atoms with E-state index in [1.807, 2.05) is 13.0 Å². The maximum Gasteiger partial charge on any atom is 0.0621 e. The highest BCUT2D eigenvalue weighted by molar-refractivity contribution is 4.65. The Hall–Kier alpha value is -0.550. The highest BCUT2D eigenvalue weighted by atomic mass is 16.2. The molecule has 0 spiro atoms. The van der Waals surface area contributed by atoms with Gasteiger partial charge in [0.15, 0.2) is 0 Å². The van der Waals surface area contributed by atoms with Crippen molar-refractivity contribution >= 4 is 0 Å². The summed E-state index contributed by atoms with van der Waals surface area (Å²) in [4.78, 5) is 0. The molecule has 0 aliphatic heterocycles. The minimum absolute atomic E-state index is 0.694. The first-order valence-electron chi connectivity index (χ1n) is 2.23. The molecule has 7 heavy (non-hydrogen) atoms. The van der Waals surface area contributed by atoms with Crippen LogP contribution < -0.4 is 0 Å². The fourth-order valence-electron chi connectivity index (χ4n) is 0.112. The Kier molecular flexibility index (Phi) is 24.8. The summed E-state index contributed by atoms with van der Waals surface area (Å²) in [6, 6.07) is 2.02. The first-order chi connectivity index (χ1) is 3.41. The molecule has 0 unspecified atom stereocenters. The van der Waals surface area contributed by atoms with Crippen LogP contribution in [0.4, 0.5) is 0 Å². The summed E-state index contributed by atoms with van der Waals surface area (Å²) in [7, 11) is 1.00. The van der Waals surface area contributed by atoms with E-state index in [4.69, 9.17) is 10.4 Å². The molecule has 0 rings (SSSR count). The van der Waals surface area contributed by atoms with Crippen molar-refractivity contribution in [3.05, 3.63) is 0 Å². The molecule has 0 fully saturated rings. The molecule has 0 aromatic rings. The van der Waals surface area contributed by atoms with Gasteiger partial charge in [0, 0.05) is 13.5 Å². The largest absolute Gasteiger partial charge is 0.400 e. The Balaban J connectivity index is 0. The molecule has 0 heterocycles. The average Bonchev–Trinajstić information content (AvgIpc) is 1.75. The normalized spacial score (nSPS) is 5.43. The number of aliphatic hydroxyl groups is 1. The molecule has 0 atom stereocenters. The van der Waals surface area contributed by atoms with Crippen molar-refractivity contribution in [2.75, 3.05) is 7.11 Å². The molecular formula is C5H11NO. The van der Waals surface area contributed by atoms with Crippen LogP contribution in [-0.2, 0) is 0 Å². The number of rotatable bonds is 1. The third-order valence-corrected chi connectivity index (χ3v) is 0.362. The van der Waals surface area contributed by atoms with Gasteiger partial charge in [-0.2, -0.15) is 5.26 Å². The average molecular weight is 101 g/mol. The van der Waals surface area contributed by atoms with E-state index < -0.39 is 0 Å². The third-order valence-electron chi connectivity index (χ3n) is 0.362. The molecule has 0 aromatic carbocycles. The van der Waals surface area contributed by atoms with Gasteiger partial charge in [0.1, 0.15) is 0 Å². The van der Waals surface area contributed by atoms with Crippen LogP contribution in [0.25, 0.3) is 0 Å². The van der Waals surface area contributed by atoms with Gasteiger partial charge in [0.25, 0.3) is 0 Å². The Labute approximate surface area is 44.4 Å². The van der Waals surface area contributed by atoms with E-state index in [-0.39, 0.29) is 0 Å². The minimum atomic E-state index is 0.694. The van der Waals surface area contributed by atoms with Crippen molar-refractivity contribution < 1.29 is 5.11 Å². The standard InChI is InChI=1S/C4H7N.CH4O/c1-2-3-4-5;1-2/h2-3H2,1H3;2H,1H3. The van der Waals surface area contributed by atoms with Crippen molar-refractivity contribution in [3.63, 3.8) is 0 Å². The monoisotopic (exact) mass is 101 g/mol. The van der Waals surface area contributed by atoms with Gasteiger partial charge >= 0.3 is 0 Å². The molecule has 1 N–H and O–H groups in total. The molecule has 0 aliphatic carbocycles. The van der Waals surface area contributed by atoms with Crippen LogP contribution in [0.3, 0.4) is 0 Å². The first-order valence-corrected chi connectivity index (χ1v) is 2.23. The van der Waals surface area contributed by atoms with Gasteiger partial charge in [-0.3, -0.25) is 0 Å². The summed E-state index contributed by atoms with van der Waals surface area (Å²) < 4.78 is 0. The van der Waals surface area contributed by atoms with Gasteiger partial charge in [-0.25, -0.2) is 0 Å². The molecule has 0 radical (unpaired) electrons. The van der Waals surface area contributed by atoms with Crippen molar-refractivity contribution in [2.45, 2.75) is 19.8 Å². The second-order valence-corrected chi connectivity index (χ2v) is 0.908. The Morgan fingerprint density at radius 3 is 2.00 bits per heavy atom. The fourth-order valence-corrected chi connectivity index (χ4v) is 0.112. The number of hydrogen-bond donors (Lipinski definition) is 1. The molecule has 0 bridgehead atoms. The number of hydrogen-bond acceptors (Lipinski definition) is 2. The molecule has 0 amide bonds. The lowest BCUT2D eigenvalue weighted by Gasteiger charge is -1.65. The van der Waals surface area contributed by atoms with E-state index >= 15 is 0 Å². The smallest absolute Gasteiger partial charge is 0.0621 e. The summed E-state index contributed by atoms with van der Waals surface area (Å²) >= 11 is 0. The molecule has 2 nitrogen and oxygen atoms in total. The van der Waals surface area contributed by atoms with Crippen molar-refractivity contribution in [1.82, 2.24) is 0 Å². The zero-order valence-corrected chi connectivity index (χ0v) is 4.81. The second kappa shape index (κ2) is 18.0. The lowest BCUT2D eigenvalue weighted by Crippen LogP contribution is -1.53. The van der Waals surface area contributed by atoms with E-state index in [0.29, 0.717) is 6.42 Å². The van der Waals surface area contributed by atoms with Gasteiger partial charge in [-0.05, 0) is 6.42 Å². The second-order valence-electron chi connectivity index (χ2n) is 0.908. The Bertz CT molecular complexity index is 46.5. The molecular weight excluding hydrogens is 90.1 g/mol.